The smallest absolute Gasteiger partial charge is 0.413 e. The monoisotopic (exact) mass is 486 g/mol. The molecule has 0 spiro atoms. The van der Waals surface area contributed by atoms with Crippen molar-refractivity contribution in [1.29, 1.82) is 0 Å². The average Bonchev–Trinajstić information content (AvgIpc) is 2.84. The second-order valence-electron chi connectivity index (χ2n) is 7.24. The Kier molecular flexibility index (Phi) is 8.20. The van der Waals surface area contributed by atoms with Crippen molar-refractivity contribution in [2.45, 2.75) is 32.3 Å². The van der Waals surface area contributed by atoms with Crippen LogP contribution >= 0.6 is 0 Å². The van der Waals surface area contributed by atoms with Crippen molar-refractivity contribution in [1.82, 2.24) is 20.3 Å². The first-order valence-corrected chi connectivity index (χ1v) is 10.8. The Morgan fingerprint density at radius 1 is 1.24 bits per heavy atom. The summed E-state index contributed by atoms with van der Waals surface area (Å²) in [5.74, 6) is -3.30. The predicted molar refractivity (Wildman–Crippen MR) is 116 cm³/mol. The van der Waals surface area contributed by atoms with Gasteiger partial charge in [0.15, 0.2) is 6.10 Å². The maximum atomic E-state index is 14.8. The van der Waals surface area contributed by atoms with Gasteiger partial charge in [0.2, 0.25) is 0 Å². The number of pyridine rings is 1. The van der Waals surface area contributed by atoms with Crippen molar-refractivity contribution in [2.75, 3.05) is 50.1 Å². The van der Waals surface area contributed by atoms with E-state index in [1.165, 1.54) is 6.07 Å². The van der Waals surface area contributed by atoms with Crippen LogP contribution < -0.4 is 15.5 Å². The lowest BCUT2D eigenvalue weighted by atomic mass is 10.0. The number of rotatable bonds is 6. The number of hydrogen-bond donors (Lipinski definition) is 2. The van der Waals surface area contributed by atoms with E-state index in [2.05, 4.69) is 30.3 Å². The summed E-state index contributed by atoms with van der Waals surface area (Å²) in [5, 5.41) is 5.40. The molecule has 0 radical (unpaired) electrons. The van der Waals surface area contributed by atoms with Crippen LogP contribution in [0.1, 0.15) is 31.1 Å². The van der Waals surface area contributed by atoms with E-state index in [1.807, 2.05) is 18.7 Å². The van der Waals surface area contributed by atoms with Gasteiger partial charge in [-0.3, -0.25) is 5.32 Å². The first-order chi connectivity index (χ1) is 16.3. The third-order valence-electron chi connectivity index (χ3n) is 5.10. The molecule has 4 heterocycles. The Bertz CT molecular complexity index is 1000. The Morgan fingerprint density at radius 3 is 2.59 bits per heavy atom. The molecule has 1 saturated heterocycles. The fourth-order valence-electron chi connectivity index (χ4n) is 3.62. The molecule has 0 bridgehead atoms. The fraction of sp³-hybridized carbons (Fsp3) is 0.524. The van der Waals surface area contributed by atoms with Crippen LogP contribution in [-0.4, -0.2) is 67.4 Å². The molecule has 2 aromatic rings. The minimum atomic E-state index is -3.37. The van der Waals surface area contributed by atoms with E-state index in [1.54, 1.807) is 0 Å². The van der Waals surface area contributed by atoms with Gasteiger partial charge in [0.25, 0.3) is 12.3 Å². The summed E-state index contributed by atoms with van der Waals surface area (Å²) in [6.07, 6.45) is -5.12. The number of carbonyl (C=O) groups is 1. The summed E-state index contributed by atoms with van der Waals surface area (Å²) >= 11 is 0. The van der Waals surface area contributed by atoms with Crippen LogP contribution in [-0.2, 0) is 15.4 Å². The van der Waals surface area contributed by atoms with Crippen LogP contribution in [0.2, 0.25) is 0 Å². The number of cyclic esters (lactones) is 1. The molecule has 2 N–H and O–H groups in total. The van der Waals surface area contributed by atoms with Crippen molar-refractivity contribution in [3.05, 3.63) is 29.6 Å². The van der Waals surface area contributed by atoms with Gasteiger partial charge in [0.05, 0.1) is 11.3 Å². The topological polar surface area (TPSA) is 102 Å². The zero-order valence-corrected chi connectivity index (χ0v) is 18.9. The standard InChI is InChI=1S/C19H20F4N6O3.C2H6/c1-31-8-19(22,23)10-6-11(27-12(7-10)29-4-2-24-3-5-29)14-13-15(16(20)21)32-18(30)28-17(13)26-9-25-14;1-2/h6-7,9,15-16,24H,2-5,8H2,1H3,(H,25,26,28,30);1-2H3. The number of aromatic nitrogens is 3. The summed E-state index contributed by atoms with van der Waals surface area (Å²) < 4.78 is 66.3. The molecule has 2 aliphatic heterocycles. The molecule has 1 unspecified atom stereocenters. The molecule has 1 atom stereocenters. The van der Waals surface area contributed by atoms with E-state index in [9.17, 15) is 22.4 Å². The van der Waals surface area contributed by atoms with Gasteiger partial charge in [0.1, 0.15) is 30.3 Å². The summed E-state index contributed by atoms with van der Waals surface area (Å²) in [6.45, 7) is 5.43. The number of carbonyl (C=O) groups excluding carboxylic acids is 1. The second-order valence-corrected chi connectivity index (χ2v) is 7.24. The van der Waals surface area contributed by atoms with E-state index in [-0.39, 0.29) is 28.6 Å². The van der Waals surface area contributed by atoms with Crippen molar-refractivity contribution >= 4 is 17.7 Å². The number of methoxy groups -OCH3 is 1. The van der Waals surface area contributed by atoms with Crippen LogP contribution in [0.5, 0.6) is 0 Å². The molecule has 186 valence electrons. The second kappa shape index (κ2) is 10.9. The molecule has 1 fully saturated rings. The Hall–Kier alpha value is -3.06. The van der Waals surface area contributed by atoms with Crippen molar-refractivity contribution in [2.24, 2.45) is 0 Å². The fourth-order valence-corrected chi connectivity index (χ4v) is 3.62. The summed E-state index contributed by atoms with van der Waals surface area (Å²) in [6, 6.07) is 2.33. The van der Waals surface area contributed by atoms with Crippen LogP contribution in [0.25, 0.3) is 11.4 Å². The number of amides is 1. The quantitative estimate of drug-likeness (QED) is 0.598. The molecule has 9 nitrogen and oxygen atoms in total. The van der Waals surface area contributed by atoms with E-state index < -0.39 is 36.7 Å². The number of halogens is 4. The van der Waals surface area contributed by atoms with Gasteiger partial charge in [-0.1, -0.05) is 13.8 Å². The van der Waals surface area contributed by atoms with Crippen LogP contribution in [0.4, 0.5) is 34.0 Å². The molecular weight excluding hydrogens is 460 g/mol. The van der Waals surface area contributed by atoms with Gasteiger partial charge in [-0.2, -0.15) is 8.78 Å². The van der Waals surface area contributed by atoms with E-state index >= 15 is 0 Å². The third kappa shape index (κ3) is 5.36. The number of anilines is 2. The highest BCUT2D eigenvalue weighted by atomic mass is 19.3. The molecule has 4 rings (SSSR count). The summed E-state index contributed by atoms with van der Waals surface area (Å²) in [7, 11) is 1.15. The molecule has 0 aliphatic carbocycles. The third-order valence-corrected chi connectivity index (χ3v) is 5.10. The highest BCUT2D eigenvalue weighted by molar-refractivity contribution is 5.88. The zero-order chi connectivity index (χ0) is 24.9. The van der Waals surface area contributed by atoms with Gasteiger partial charge in [0, 0.05) is 38.9 Å². The normalized spacial score (nSPS) is 17.9. The van der Waals surface area contributed by atoms with Gasteiger partial charge in [-0.15, -0.1) is 0 Å². The van der Waals surface area contributed by atoms with E-state index in [0.717, 1.165) is 19.5 Å². The van der Waals surface area contributed by atoms with Gasteiger partial charge in [-0.05, 0) is 12.1 Å². The predicted octanol–water partition coefficient (Wildman–Crippen LogP) is 3.58. The summed E-state index contributed by atoms with van der Waals surface area (Å²) in [4.78, 5) is 25.7. The van der Waals surface area contributed by atoms with E-state index in [0.29, 0.717) is 26.2 Å². The first kappa shape index (κ1) is 25.6. The lowest BCUT2D eigenvalue weighted by Gasteiger charge is -2.30. The molecular formula is C21H26F4N6O3. The molecule has 0 saturated carbocycles. The number of nitrogens with zero attached hydrogens (tertiary/aromatic N) is 4. The number of hydrogen-bond acceptors (Lipinski definition) is 8. The van der Waals surface area contributed by atoms with Crippen molar-refractivity contribution < 1.29 is 31.8 Å². The molecule has 2 aliphatic rings. The molecule has 1 amide bonds. The Morgan fingerprint density at radius 2 is 1.94 bits per heavy atom. The Labute approximate surface area is 193 Å². The van der Waals surface area contributed by atoms with Crippen molar-refractivity contribution in [3.63, 3.8) is 0 Å². The maximum absolute atomic E-state index is 14.8. The zero-order valence-electron chi connectivity index (χ0n) is 18.9. The van der Waals surface area contributed by atoms with Crippen molar-refractivity contribution in [3.8, 4) is 11.4 Å². The number of alkyl halides is 4. The molecule has 2 aromatic heterocycles. The number of nitrogens with one attached hydrogen (secondary N) is 2. The van der Waals surface area contributed by atoms with Crippen LogP contribution in [0, 0.1) is 0 Å². The maximum Gasteiger partial charge on any atom is 0.413 e. The highest BCUT2D eigenvalue weighted by Crippen LogP contribution is 2.40. The van der Waals surface area contributed by atoms with Crippen LogP contribution in [0.15, 0.2) is 18.5 Å². The van der Waals surface area contributed by atoms with Gasteiger partial charge < -0.3 is 19.7 Å². The van der Waals surface area contributed by atoms with Gasteiger partial charge in [-0.25, -0.2) is 28.5 Å². The Balaban J connectivity index is 0.00000158. The minimum Gasteiger partial charge on any atom is -0.435 e. The lowest BCUT2D eigenvalue weighted by Crippen LogP contribution is -2.44. The molecule has 34 heavy (non-hydrogen) atoms. The lowest BCUT2D eigenvalue weighted by molar-refractivity contribution is -0.0697. The van der Waals surface area contributed by atoms with E-state index in [4.69, 9.17) is 4.74 Å². The SMILES string of the molecule is CC.COCC(F)(F)c1cc(-c2ncnc3c2C(C(F)F)OC(=O)N3)nc(N2CCNCC2)c1. The number of piperazine rings is 1. The minimum absolute atomic E-state index is 0.0733. The summed E-state index contributed by atoms with van der Waals surface area (Å²) in [5.41, 5.74) is -0.838. The van der Waals surface area contributed by atoms with Crippen LogP contribution in [0.3, 0.4) is 0 Å². The first-order valence-electron chi connectivity index (χ1n) is 10.8. The molecule has 0 aromatic carbocycles. The molecule has 13 heteroatoms. The highest BCUT2D eigenvalue weighted by Gasteiger charge is 2.39. The van der Waals surface area contributed by atoms with Gasteiger partial charge >= 0.3 is 6.09 Å². The largest absolute Gasteiger partial charge is 0.435 e. The number of fused-ring (bicyclic) bond motifs is 1. The number of ether oxygens (including phenoxy) is 2. The average molecular weight is 486 g/mol.